The highest BCUT2D eigenvalue weighted by Crippen LogP contribution is 2.32. The molecule has 23 heavy (non-hydrogen) atoms. The first-order valence-corrected chi connectivity index (χ1v) is 7.01. The van der Waals surface area contributed by atoms with Crippen LogP contribution < -0.4 is 5.32 Å². The second kappa shape index (κ2) is 7.94. The lowest BCUT2D eigenvalue weighted by molar-refractivity contribution is -0.145. The molecule has 0 aliphatic rings. The Morgan fingerprint density at radius 2 is 1.96 bits per heavy atom. The Balaban J connectivity index is 2.85. The van der Waals surface area contributed by atoms with Gasteiger partial charge in [0.1, 0.15) is 11.9 Å². The van der Waals surface area contributed by atoms with E-state index in [0.29, 0.717) is 24.6 Å². The number of esters is 1. The van der Waals surface area contributed by atoms with Crippen LogP contribution in [0, 0.1) is 5.82 Å². The summed E-state index contributed by atoms with van der Waals surface area (Å²) in [6, 6.07) is 0.424. The summed E-state index contributed by atoms with van der Waals surface area (Å²) in [6.45, 7) is 3.32. The van der Waals surface area contributed by atoms with Crippen LogP contribution in [0.4, 0.5) is 17.6 Å². The Kier molecular flexibility index (Phi) is 6.53. The summed E-state index contributed by atoms with van der Waals surface area (Å²) in [6.07, 6.45) is -3.38. The Hall–Kier alpha value is -2.12. The number of halogens is 4. The predicted octanol–water partition coefficient (Wildman–Crippen LogP) is 3.31. The third-order valence-corrected chi connectivity index (χ3v) is 2.98. The minimum Gasteiger partial charge on any atom is -0.464 e. The van der Waals surface area contributed by atoms with Gasteiger partial charge < -0.3 is 10.1 Å². The monoisotopic (exact) mass is 335 g/mol. The summed E-state index contributed by atoms with van der Waals surface area (Å²) in [5.41, 5.74) is -2.16. The van der Waals surface area contributed by atoms with Crippen LogP contribution in [0.2, 0.25) is 0 Å². The molecule has 1 aromatic carbocycles. The number of benzene rings is 1. The van der Waals surface area contributed by atoms with Gasteiger partial charge in [0.2, 0.25) is 0 Å². The lowest BCUT2D eigenvalue weighted by Crippen LogP contribution is -2.40. The lowest BCUT2D eigenvalue weighted by atomic mass is 10.1. The molecule has 0 bridgehead atoms. The molecule has 0 saturated heterocycles. The van der Waals surface area contributed by atoms with Gasteiger partial charge >= 0.3 is 12.1 Å². The highest BCUT2D eigenvalue weighted by molar-refractivity contribution is 5.98. The first-order chi connectivity index (χ1) is 10.7. The summed E-state index contributed by atoms with van der Waals surface area (Å²) in [5, 5.41) is 2.08. The molecule has 4 nitrogen and oxygen atoms in total. The molecule has 1 amide bonds. The molecule has 1 unspecified atom stereocenters. The quantitative estimate of drug-likeness (QED) is 0.493. The minimum atomic E-state index is -4.81. The molecule has 8 heteroatoms. The van der Waals surface area contributed by atoms with Crippen molar-refractivity contribution in [2.75, 3.05) is 6.61 Å². The van der Waals surface area contributed by atoms with Crippen molar-refractivity contribution in [2.24, 2.45) is 0 Å². The summed E-state index contributed by atoms with van der Waals surface area (Å²) in [7, 11) is 0. The largest absolute Gasteiger partial charge is 0.464 e. The molecule has 0 fully saturated rings. The van der Waals surface area contributed by atoms with Crippen LogP contribution in [-0.2, 0) is 15.7 Å². The Bertz CT molecular complexity index is 572. The fraction of sp³-hybridized carbons (Fsp3) is 0.467. The average molecular weight is 335 g/mol. The van der Waals surface area contributed by atoms with Gasteiger partial charge in [-0.05, 0) is 31.5 Å². The van der Waals surface area contributed by atoms with Gasteiger partial charge in [0.05, 0.1) is 17.7 Å². The Morgan fingerprint density at radius 3 is 2.52 bits per heavy atom. The summed E-state index contributed by atoms with van der Waals surface area (Å²) >= 11 is 0. The van der Waals surface area contributed by atoms with Crippen molar-refractivity contribution in [1.82, 2.24) is 5.32 Å². The molecule has 1 aromatic rings. The number of amides is 1. The van der Waals surface area contributed by atoms with E-state index in [0.717, 1.165) is 6.42 Å². The van der Waals surface area contributed by atoms with Crippen LogP contribution in [-0.4, -0.2) is 24.5 Å². The molecule has 0 aromatic heterocycles. The first kappa shape index (κ1) is 18.9. The van der Waals surface area contributed by atoms with Gasteiger partial charge in [0.25, 0.3) is 5.91 Å². The van der Waals surface area contributed by atoms with E-state index < -0.39 is 41.0 Å². The number of nitrogens with one attached hydrogen (secondary N) is 1. The Labute approximate surface area is 130 Å². The number of hydrogen-bond acceptors (Lipinski definition) is 3. The molecule has 0 heterocycles. The maximum atomic E-state index is 13.2. The van der Waals surface area contributed by atoms with E-state index in [-0.39, 0.29) is 6.61 Å². The van der Waals surface area contributed by atoms with Crippen LogP contribution in [0.15, 0.2) is 18.2 Å². The predicted molar refractivity (Wildman–Crippen MR) is 74.2 cm³/mol. The zero-order valence-electron chi connectivity index (χ0n) is 12.7. The van der Waals surface area contributed by atoms with Crippen molar-refractivity contribution in [1.29, 1.82) is 0 Å². The van der Waals surface area contributed by atoms with Crippen LogP contribution in [0.3, 0.4) is 0 Å². The van der Waals surface area contributed by atoms with E-state index >= 15 is 0 Å². The number of hydrogen-bond donors (Lipinski definition) is 1. The summed E-state index contributed by atoms with van der Waals surface area (Å²) < 4.78 is 56.6. The van der Waals surface area contributed by atoms with Gasteiger partial charge in [0, 0.05) is 0 Å². The fourth-order valence-corrected chi connectivity index (χ4v) is 1.73. The van der Waals surface area contributed by atoms with Gasteiger partial charge in [-0.3, -0.25) is 4.79 Å². The van der Waals surface area contributed by atoms with Gasteiger partial charge in [-0.1, -0.05) is 13.3 Å². The third kappa shape index (κ3) is 5.54. The van der Waals surface area contributed by atoms with Gasteiger partial charge in [-0.25, -0.2) is 9.18 Å². The smallest absolute Gasteiger partial charge is 0.417 e. The Morgan fingerprint density at radius 1 is 1.30 bits per heavy atom. The molecular formula is C15H17F4NO3. The van der Waals surface area contributed by atoms with E-state index in [4.69, 9.17) is 4.74 Å². The molecule has 0 aliphatic heterocycles. The average Bonchev–Trinajstić information content (AvgIpc) is 2.45. The molecule has 0 radical (unpaired) electrons. The standard InChI is InChI=1S/C15H17F4NO3/c1-3-4-7-23-14(22)9(2)20-13(21)11-8-10(16)5-6-12(11)15(17,18)19/h5-6,8-9H,3-4,7H2,1-2H3,(H,20,21). The van der Waals surface area contributed by atoms with E-state index in [9.17, 15) is 27.2 Å². The highest BCUT2D eigenvalue weighted by Gasteiger charge is 2.36. The SMILES string of the molecule is CCCCOC(=O)C(C)NC(=O)c1cc(F)ccc1C(F)(F)F. The van der Waals surface area contributed by atoms with E-state index in [1.165, 1.54) is 6.92 Å². The molecule has 1 N–H and O–H groups in total. The minimum absolute atomic E-state index is 0.156. The van der Waals surface area contributed by atoms with Crippen molar-refractivity contribution in [3.05, 3.63) is 35.1 Å². The van der Waals surface area contributed by atoms with E-state index in [1.54, 1.807) is 0 Å². The van der Waals surface area contributed by atoms with Crippen LogP contribution in [0.1, 0.15) is 42.6 Å². The number of carbonyl (C=O) groups excluding carboxylic acids is 2. The maximum absolute atomic E-state index is 13.2. The van der Waals surface area contributed by atoms with Crippen LogP contribution in [0.25, 0.3) is 0 Å². The molecule has 1 atom stereocenters. The zero-order chi connectivity index (χ0) is 17.6. The van der Waals surface area contributed by atoms with Crippen LogP contribution in [0.5, 0.6) is 0 Å². The van der Waals surface area contributed by atoms with Crippen molar-refractivity contribution < 1.29 is 31.9 Å². The van der Waals surface area contributed by atoms with Crippen molar-refractivity contribution in [3.8, 4) is 0 Å². The van der Waals surface area contributed by atoms with E-state index in [1.807, 2.05) is 6.92 Å². The second-order valence-electron chi connectivity index (χ2n) is 4.90. The highest BCUT2D eigenvalue weighted by atomic mass is 19.4. The number of alkyl halides is 3. The molecule has 1 rings (SSSR count). The number of ether oxygens (including phenoxy) is 1. The molecule has 0 spiro atoms. The normalized spacial score (nSPS) is 12.6. The van der Waals surface area contributed by atoms with Crippen LogP contribution >= 0.6 is 0 Å². The topological polar surface area (TPSA) is 55.4 Å². The second-order valence-corrected chi connectivity index (χ2v) is 4.90. The number of carbonyl (C=O) groups is 2. The van der Waals surface area contributed by atoms with Crippen molar-refractivity contribution >= 4 is 11.9 Å². The molecule has 0 saturated carbocycles. The number of unbranched alkanes of at least 4 members (excludes halogenated alkanes) is 1. The number of rotatable bonds is 6. The van der Waals surface area contributed by atoms with E-state index in [2.05, 4.69) is 5.32 Å². The maximum Gasteiger partial charge on any atom is 0.417 e. The lowest BCUT2D eigenvalue weighted by Gasteiger charge is -2.16. The molecular weight excluding hydrogens is 318 g/mol. The van der Waals surface area contributed by atoms with Crippen molar-refractivity contribution in [2.45, 2.75) is 38.9 Å². The van der Waals surface area contributed by atoms with Gasteiger partial charge in [0.15, 0.2) is 0 Å². The molecule has 0 aliphatic carbocycles. The first-order valence-electron chi connectivity index (χ1n) is 7.01. The fourth-order valence-electron chi connectivity index (χ4n) is 1.73. The third-order valence-electron chi connectivity index (χ3n) is 2.98. The summed E-state index contributed by atoms with van der Waals surface area (Å²) in [5.74, 6) is -2.95. The zero-order valence-corrected chi connectivity index (χ0v) is 12.7. The van der Waals surface area contributed by atoms with Gasteiger partial charge in [-0.2, -0.15) is 13.2 Å². The van der Waals surface area contributed by atoms with Crippen molar-refractivity contribution in [3.63, 3.8) is 0 Å². The molecule has 128 valence electrons. The summed E-state index contributed by atoms with van der Waals surface area (Å²) in [4.78, 5) is 23.5. The van der Waals surface area contributed by atoms with Gasteiger partial charge in [-0.15, -0.1) is 0 Å².